The smallest absolute Gasteiger partial charge is 0.337 e. The Kier molecular flexibility index (Phi) is 3.68. The van der Waals surface area contributed by atoms with Crippen molar-refractivity contribution in [2.45, 2.75) is 12.3 Å². The van der Waals surface area contributed by atoms with E-state index in [2.05, 4.69) is 10.1 Å². The van der Waals surface area contributed by atoms with Crippen molar-refractivity contribution >= 4 is 11.9 Å². The molecule has 6 heteroatoms. The molecular formula is C15H14N2O4. The molecule has 0 aromatic heterocycles. The minimum absolute atomic E-state index is 0.133. The van der Waals surface area contributed by atoms with Crippen molar-refractivity contribution in [2.24, 2.45) is 0 Å². The van der Waals surface area contributed by atoms with E-state index in [1.54, 1.807) is 31.2 Å². The summed E-state index contributed by atoms with van der Waals surface area (Å²) in [5.74, 6) is -0.750. The van der Waals surface area contributed by atoms with Gasteiger partial charge in [0.25, 0.3) is 0 Å². The van der Waals surface area contributed by atoms with Crippen LogP contribution in [0.25, 0.3) is 0 Å². The molecule has 2 rings (SSSR count). The van der Waals surface area contributed by atoms with Gasteiger partial charge in [0.1, 0.15) is 17.1 Å². The van der Waals surface area contributed by atoms with Gasteiger partial charge >= 0.3 is 5.97 Å². The summed E-state index contributed by atoms with van der Waals surface area (Å²) in [4.78, 5) is 23.9. The molecule has 1 amide bonds. The fourth-order valence-corrected chi connectivity index (χ4v) is 2.30. The molecule has 1 aliphatic heterocycles. The molecule has 21 heavy (non-hydrogen) atoms. The highest BCUT2D eigenvalue weighted by atomic mass is 16.5. The summed E-state index contributed by atoms with van der Waals surface area (Å²) in [6, 6.07) is 8.45. The second-order valence-corrected chi connectivity index (χ2v) is 4.67. The molecule has 6 nitrogen and oxygen atoms in total. The quantitative estimate of drug-likeness (QED) is 0.845. The first-order valence-corrected chi connectivity index (χ1v) is 6.18. The fraction of sp³-hybridized carbons (Fsp3) is 0.267. The van der Waals surface area contributed by atoms with E-state index in [4.69, 9.17) is 4.74 Å². The van der Waals surface area contributed by atoms with Crippen molar-refractivity contribution < 1.29 is 19.1 Å². The lowest BCUT2D eigenvalue weighted by Crippen LogP contribution is -2.35. The predicted octanol–water partition coefficient (Wildman–Crippen LogP) is 1.24. The minimum atomic E-state index is -1.20. The zero-order chi connectivity index (χ0) is 15.6. The predicted molar refractivity (Wildman–Crippen MR) is 72.9 cm³/mol. The summed E-state index contributed by atoms with van der Waals surface area (Å²) < 4.78 is 9.70. The van der Waals surface area contributed by atoms with Crippen LogP contribution in [0.2, 0.25) is 0 Å². The highest BCUT2D eigenvalue weighted by Crippen LogP contribution is 2.38. The van der Waals surface area contributed by atoms with Crippen LogP contribution in [0.5, 0.6) is 0 Å². The van der Waals surface area contributed by atoms with Gasteiger partial charge in [-0.3, -0.25) is 10.1 Å². The van der Waals surface area contributed by atoms with Crippen LogP contribution in [0, 0.1) is 11.3 Å². The lowest BCUT2D eigenvalue weighted by atomic mass is 9.77. The summed E-state index contributed by atoms with van der Waals surface area (Å²) in [6.45, 7) is 1.61. The Labute approximate surface area is 122 Å². The van der Waals surface area contributed by atoms with E-state index in [0.29, 0.717) is 11.1 Å². The van der Waals surface area contributed by atoms with Crippen molar-refractivity contribution in [3.8, 4) is 6.07 Å². The van der Waals surface area contributed by atoms with Gasteiger partial charge in [-0.05, 0) is 24.6 Å². The first-order valence-electron chi connectivity index (χ1n) is 6.18. The number of ether oxygens (including phenoxy) is 2. The lowest BCUT2D eigenvalue weighted by molar-refractivity contribution is -0.123. The van der Waals surface area contributed by atoms with Crippen LogP contribution >= 0.6 is 0 Å². The highest BCUT2D eigenvalue weighted by Gasteiger charge is 2.47. The zero-order valence-electron chi connectivity index (χ0n) is 11.9. The van der Waals surface area contributed by atoms with Crippen molar-refractivity contribution in [2.75, 3.05) is 14.2 Å². The number of benzene rings is 1. The van der Waals surface area contributed by atoms with E-state index in [0.717, 1.165) is 0 Å². The third kappa shape index (κ3) is 2.13. The summed E-state index contributed by atoms with van der Waals surface area (Å²) in [6.07, 6.45) is 0. The molecule has 0 saturated heterocycles. The Bertz CT molecular complexity index is 687. The molecule has 0 aliphatic carbocycles. The molecule has 0 fully saturated rings. The number of esters is 1. The molecule has 1 aliphatic rings. The number of nitrogens with zero attached hydrogens (tertiary/aromatic N) is 1. The van der Waals surface area contributed by atoms with Gasteiger partial charge in [0.05, 0.1) is 19.8 Å². The third-order valence-corrected chi connectivity index (χ3v) is 3.59. The van der Waals surface area contributed by atoms with Gasteiger partial charge in [-0.1, -0.05) is 12.1 Å². The van der Waals surface area contributed by atoms with E-state index in [-0.39, 0.29) is 17.4 Å². The highest BCUT2D eigenvalue weighted by molar-refractivity contribution is 5.98. The number of carbonyl (C=O) groups excluding carboxylic acids is 2. The van der Waals surface area contributed by atoms with E-state index in [1.807, 2.05) is 6.07 Å². The number of carbonyl (C=O) groups is 2. The van der Waals surface area contributed by atoms with Crippen LogP contribution < -0.4 is 5.32 Å². The molecule has 1 heterocycles. The maximum atomic E-state index is 12.3. The molecule has 1 aromatic carbocycles. The largest absolute Gasteiger partial charge is 0.481 e. The Hall–Kier alpha value is -2.81. The van der Waals surface area contributed by atoms with Crippen LogP contribution in [0.3, 0.4) is 0 Å². The summed E-state index contributed by atoms with van der Waals surface area (Å²) in [5, 5.41) is 11.9. The standard InChI is InChI=1S/C15H14N2O4/c1-15(11(8-16)12(20-2)17-14(15)19)10-6-4-5-9(7-10)13(18)21-3/h4-7H,1-3H3,(H,17,19). The monoisotopic (exact) mass is 286 g/mol. The van der Waals surface area contributed by atoms with Gasteiger partial charge in [0, 0.05) is 0 Å². The van der Waals surface area contributed by atoms with Crippen LogP contribution in [-0.4, -0.2) is 26.1 Å². The fourth-order valence-electron chi connectivity index (χ4n) is 2.30. The summed E-state index contributed by atoms with van der Waals surface area (Å²) in [5.41, 5.74) is -0.194. The summed E-state index contributed by atoms with van der Waals surface area (Å²) >= 11 is 0. The molecule has 0 radical (unpaired) electrons. The first-order chi connectivity index (χ1) is 9.98. The van der Waals surface area contributed by atoms with Crippen LogP contribution in [0.1, 0.15) is 22.8 Å². The number of nitrogens with one attached hydrogen (secondary N) is 1. The van der Waals surface area contributed by atoms with E-state index < -0.39 is 11.4 Å². The van der Waals surface area contributed by atoms with Gasteiger partial charge in [-0.15, -0.1) is 0 Å². The summed E-state index contributed by atoms with van der Waals surface area (Å²) in [7, 11) is 2.66. The number of methoxy groups -OCH3 is 2. The van der Waals surface area contributed by atoms with Gasteiger partial charge < -0.3 is 9.47 Å². The molecule has 0 spiro atoms. The maximum Gasteiger partial charge on any atom is 0.337 e. The molecular weight excluding hydrogens is 272 g/mol. The molecule has 1 unspecified atom stereocenters. The zero-order valence-corrected chi connectivity index (χ0v) is 11.9. The maximum absolute atomic E-state index is 12.3. The van der Waals surface area contributed by atoms with Gasteiger partial charge in [-0.2, -0.15) is 5.26 Å². The Morgan fingerprint density at radius 3 is 2.67 bits per heavy atom. The van der Waals surface area contributed by atoms with Crippen molar-refractivity contribution in [3.63, 3.8) is 0 Å². The number of rotatable bonds is 3. The molecule has 108 valence electrons. The van der Waals surface area contributed by atoms with Gasteiger partial charge in [0.2, 0.25) is 11.8 Å². The van der Waals surface area contributed by atoms with E-state index in [1.165, 1.54) is 14.2 Å². The van der Waals surface area contributed by atoms with Crippen LogP contribution in [0.4, 0.5) is 0 Å². The van der Waals surface area contributed by atoms with Gasteiger partial charge in [0.15, 0.2) is 0 Å². The number of amides is 1. The Balaban J connectivity index is 2.59. The van der Waals surface area contributed by atoms with Crippen molar-refractivity contribution in [1.29, 1.82) is 5.26 Å². The van der Waals surface area contributed by atoms with Crippen molar-refractivity contribution in [1.82, 2.24) is 5.32 Å². The number of hydrogen-bond donors (Lipinski definition) is 1. The topological polar surface area (TPSA) is 88.4 Å². The molecule has 1 N–H and O–H groups in total. The molecule has 1 aromatic rings. The van der Waals surface area contributed by atoms with Gasteiger partial charge in [-0.25, -0.2) is 4.79 Å². The van der Waals surface area contributed by atoms with Crippen LogP contribution in [0.15, 0.2) is 35.7 Å². The van der Waals surface area contributed by atoms with Crippen LogP contribution in [-0.2, 0) is 19.7 Å². The Morgan fingerprint density at radius 2 is 2.10 bits per heavy atom. The number of nitriles is 1. The average molecular weight is 286 g/mol. The van der Waals surface area contributed by atoms with E-state index in [9.17, 15) is 14.9 Å². The second kappa shape index (κ2) is 5.29. The molecule has 1 atom stereocenters. The first kappa shape index (κ1) is 14.6. The average Bonchev–Trinajstić information content (AvgIpc) is 2.78. The lowest BCUT2D eigenvalue weighted by Gasteiger charge is -2.22. The van der Waals surface area contributed by atoms with Crippen molar-refractivity contribution in [3.05, 3.63) is 46.8 Å². The minimum Gasteiger partial charge on any atom is -0.481 e. The molecule has 0 saturated carbocycles. The SMILES string of the molecule is COC(=O)c1cccc(C2(C)C(=O)NC(OC)=C2C#N)c1. The molecule has 0 bridgehead atoms. The van der Waals surface area contributed by atoms with E-state index >= 15 is 0 Å². The third-order valence-electron chi connectivity index (χ3n) is 3.59. The normalized spacial score (nSPS) is 20.8. The Morgan fingerprint density at radius 1 is 1.38 bits per heavy atom. The second-order valence-electron chi connectivity index (χ2n) is 4.67. The number of hydrogen-bond acceptors (Lipinski definition) is 5.